The molecule has 2 aromatic heterocycles. The van der Waals surface area contributed by atoms with E-state index in [1.54, 1.807) is 0 Å². The van der Waals surface area contributed by atoms with Gasteiger partial charge in [0.15, 0.2) is 11.4 Å². The summed E-state index contributed by atoms with van der Waals surface area (Å²) in [7, 11) is -9.11. The Hall–Kier alpha value is -4.78. The number of likely N-dealkylation sites (tertiary alicyclic amines) is 1. The highest BCUT2D eigenvalue weighted by Crippen LogP contribution is 2.38. The summed E-state index contributed by atoms with van der Waals surface area (Å²) in [6, 6.07) is 6.14. The predicted molar refractivity (Wildman–Crippen MR) is 217 cm³/mol. The standard InChI is InChI=1S/C18H14Cl2F3N3O4S.C13H7Cl2F3N2O4S.C5H9NO/c19-10-7-15(16(24-9-10)17(28)26-5-3-11(27)4-6-26)25-31(29,30)12-1-2-14(20)13(8-12)18(21,22)23;14-6-3-10(11(12(21)22)19-5-6)20-25(23,24)7-1-2-9(15)8(4-7)13(16,17)18;7-5-1-3-6-4-2-5/h1-2,7-9,25H,3-6H2;1-5,20H,(H,21,22);6H,1-4H2. The Balaban J connectivity index is 0.000000243. The van der Waals surface area contributed by atoms with Crippen LogP contribution in [-0.2, 0) is 42.0 Å². The summed E-state index contributed by atoms with van der Waals surface area (Å²) < 4.78 is 132. The molecule has 340 valence electrons. The molecule has 4 N–H and O–H groups in total. The highest BCUT2D eigenvalue weighted by Gasteiger charge is 2.36. The number of anilines is 2. The molecule has 4 heterocycles. The van der Waals surface area contributed by atoms with Gasteiger partial charge < -0.3 is 15.3 Å². The molecule has 0 saturated carbocycles. The van der Waals surface area contributed by atoms with Crippen molar-refractivity contribution in [2.75, 3.05) is 35.6 Å². The molecule has 27 heteroatoms. The van der Waals surface area contributed by atoms with E-state index in [9.17, 15) is 62.4 Å². The fourth-order valence-corrected chi connectivity index (χ4v) is 8.31. The van der Waals surface area contributed by atoms with Gasteiger partial charge in [-0.2, -0.15) is 26.3 Å². The smallest absolute Gasteiger partial charge is 0.417 e. The number of amides is 1. The van der Waals surface area contributed by atoms with E-state index in [4.69, 9.17) is 51.5 Å². The SMILES string of the molecule is O=C(O)c1ncc(Cl)cc1NS(=O)(=O)c1ccc(Cl)c(C(F)(F)F)c1.O=C1CCN(C(=O)c2ncc(Cl)cc2NS(=O)(=O)c2ccc(Cl)c(C(F)(F)F)c2)CC1.O=C1CCNCC1. The van der Waals surface area contributed by atoms with Crippen LogP contribution in [0.2, 0.25) is 20.1 Å². The topological polar surface area (TPSA) is 222 Å². The van der Waals surface area contributed by atoms with Gasteiger partial charge in [0.2, 0.25) is 0 Å². The van der Waals surface area contributed by atoms with Gasteiger partial charge in [0.25, 0.3) is 26.0 Å². The monoisotopic (exact) mass is 1010 g/mol. The minimum Gasteiger partial charge on any atom is -0.476 e. The van der Waals surface area contributed by atoms with Crippen molar-refractivity contribution in [2.45, 2.75) is 47.8 Å². The Labute approximate surface area is 374 Å². The number of carbonyl (C=O) groups excluding carboxylic acids is 3. The van der Waals surface area contributed by atoms with Crippen molar-refractivity contribution >= 4 is 101 Å². The Morgan fingerprint density at radius 2 is 1.05 bits per heavy atom. The van der Waals surface area contributed by atoms with Crippen LogP contribution in [-0.4, -0.2) is 86.4 Å². The summed E-state index contributed by atoms with van der Waals surface area (Å²) >= 11 is 22.5. The van der Waals surface area contributed by atoms with Gasteiger partial charge in [0, 0.05) is 64.3 Å². The molecule has 2 aromatic carbocycles. The molecule has 2 saturated heterocycles. The summed E-state index contributed by atoms with van der Waals surface area (Å²) in [5, 5.41) is 10.7. The lowest BCUT2D eigenvalue weighted by Crippen LogP contribution is -2.39. The predicted octanol–water partition coefficient (Wildman–Crippen LogP) is 7.86. The molecule has 6 rings (SSSR count). The maximum absolute atomic E-state index is 13.1. The largest absolute Gasteiger partial charge is 0.476 e. The van der Waals surface area contributed by atoms with Crippen LogP contribution in [0.5, 0.6) is 0 Å². The molecular weight excluding hydrogens is 980 g/mol. The van der Waals surface area contributed by atoms with Crippen molar-refractivity contribution in [3.63, 3.8) is 0 Å². The molecule has 0 spiro atoms. The number of halogens is 10. The van der Waals surface area contributed by atoms with E-state index >= 15 is 0 Å². The third-order valence-electron chi connectivity index (χ3n) is 8.48. The Kier molecular flexibility index (Phi) is 16.8. The van der Waals surface area contributed by atoms with Crippen LogP contribution < -0.4 is 14.8 Å². The Bertz CT molecular complexity index is 2620. The number of hydrogen-bond acceptors (Lipinski definition) is 11. The number of pyridine rings is 2. The van der Waals surface area contributed by atoms with Crippen LogP contribution in [0.1, 0.15) is 57.8 Å². The van der Waals surface area contributed by atoms with Crippen molar-refractivity contribution in [3.8, 4) is 0 Å². The number of carbonyl (C=O) groups is 4. The summed E-state index contributed by atoms with van der Waals surface area (Å²) in [6.07, 6.45) is -5.84. The Morgan fingerprint density at radius 1 is 0.651 bits per heavy atom. The highest BCUT2D eigenvalue weighted by atomic mass is 35.5. The lowest BCUT2D eigenvalue weighted by molar-refractivity contribution is -0.138. The van der Waals surface area contributed by atoms with E-state index in [1.165, 1.54) is 4.90 Å². The molecule has 0 unspecified atom stereocenters. The summed E-state index contributed by atoms with van der Waals surface area (Å²) in [5.41, 5.74) is -4.44. The van der Waals surface area contributed by atoms with E-state index in [2.05, 4.69) is 20.0 Å². The number of aromatic carboxylic acids is 1. The van der Waals surface area contributed by atoms with Crippen LogP contribution in [0.25, 0.3) is 0 Å². The number of nitrogens with one attached hydrogen (secondary N) is 3. The lowest BCUT2D eigenvalue weighted by atomic mass is 10.1. The molecule has 0 atom stereocenters. The normalized spacial score (nSPS) is 14.7. The number of piperidine rings is 2. The number of ketones is 2. The van der Waals surface area contributed by atoms with Gasteiger partial charge in [-0.1, -0.05) is 46.4 Å². The van der Waals surface area contributed by atoms with Crippen molar-refractivity contribution in [2.24, 2.45) is 0 Å². The lowest BCUT2D eigenvalue weighted by Gasteiger charge is -2.26. The molecule has 1 amide bonds. The summed E-state index contributed by atoms with van der Waals surface area (Å²) in [5.74, 6) is -1.80. The maximum atomic E-state index is 13.1. The number of alkyl halides is 6. The first kappa shape index (κ1) is 50.9. The van der Waals surface area contributed by atoms with Gasteiger partial charge >= 0.3 is 18.3 Å². The molecule has 2 aliphatic rings. The number of rotatable bonds is 8. The average Bonchev–Trinajstić information content (AvgIpc) is 3.18. The molecule has 0 bridgehead atoms. The highest BCUT2D eigenvalue weighted by molar-refractivity contribution is 7.93. The van der Waals surface area contributed by atoms with Gasteiger partial charge in [-0.25, -0.2) is 31.6 Å². The molecular formula is C36H30Cl4F6N6O9S2. The molecule has 2 fully saturated rings. The van der Waals surface area contributed by atoms with Crippen LogP contribution in [0.3, 0.4) is 0 Å². The van der Waals surface area contributed by atoms with Crippen LogP contribution >= 0.6 is 46.4 Å². The fourth-order valence-electron chi connectivity index (χ4n) is 5.37. The molecule has 0 radical (unpaired) electrons. The first-order valence-electron chi connectivity index (χ1n) is 17.6. The van der Waals surface area contributed by atoms with Crippen LogP contribution in [0.4, 0.5) is 37.7 Å². The quantitative estimate of drug-likeness (QED) is 0.124. The van der Waals surface area contributed by atoms with E-state index in [1.807, 2.05) is 4.72 Å². The third kappa shape index (κ3) is 14.1. The van der Waals surface area contributed by atoms with Crippen LogP contribution in [0, 0.1) is 0 Å². The number of hydrogen-bond donors (Lipinski definition) is 4. The molecule has 63 heavy (non-hydrogen) atoms. The Morgan fingerprint density at radius 3 is 1.43 bits per heavy atom. The zero-order valence-electron chi connectivity index (χ0n) is 31.6. The maximum Gasteiger partial charge on any atom is 0.417 e. The van der Waals surface area contributed by atoms with Gasteiger partial charge in [-0.15, -0.1) is 0 Å². The number of aromatic nitrogens is 2. The number of benzene rings is 2. The van der Waals surface area contributed by atoms with Crippen molar-refractivity contribution in [3.05, 3.63) is 104 Å². The number of carboxylic acids is 1. The van der Waals surface area contributed by atoms with Crippen LogP contribution in [0.15, 0.2) is 70.7 Å². The van der Waals surface area contributed by atoms with E-state index in [0.29, 0.717) is 17.9 Å². The third-order valence-corrected chi connectivity index (χ3v) is 12.3. The van der Waals surface area contributed by atoms with Gasteiger partial charge in [0.05, 0.1) is 52.4 Å². The molecule has 0 aliphatic carbocycles. The zero-order chi connectivity index (χ0) is 47.1. The summed E-state index contributed by atoms with van der Waals surface area (Å²) in [4.78, 5) is 52.9. The van der Waals surface area contributed by atoms with Gasteiger partial charge in [0.1, 0.15) is 11.6 Å². The second-order valence-corrected chi connectivity index (χ2v) is 18.1. The first-order chi connectivity index (χ1) is 29.2. The van der Waals surface area contributed by atoms with E-state index in [0.717, 1.165) is 74.7 Å². The zero-order valence-corrected chi connectivity index (χ0v) is 36.2. The van der Waals surface area contributed by atoms with Gasteiger partial charge in [-0.05, 0) is 48.5 Å². The minimum atomic E-state index is -4.87. The number of sulfonamides is 2. The second-order valence-electron chi connectivity index (χ2n) is 13.0. The number of carboxylic acid groups (broad SMARTS) is 1. The second kappa shape index (κ2) is 20.8. The summed E-state index contributed by atoms with van der Waals surface area (Å²) in [6.45, 7) is 2.05. The molecule has 4 aromatic rings. The molecule has 2 aliphatic heterocycles. The minimum absolute atomic E-state index is 0.00255. The van der Waals surface area contributed by atoms with E-state index in [-0.39, 0.29) is 53.1 Å². The van der Waals surface area contributed by atoms with Crippen molar-refractivity contribution < 1.29 is 67.5 Å². The number of nitrogens with zero attached hydrogens (tertiary/aromatic N) is 3. The van der Waals surface area contributed by atoms with E-state index < -0.39 is 86.6 Å². The number of Topliss-reactive ketones (excluding diaryl/α,β-unsaturated/α-hetero) is 2. The fraction of sp³-hybridized carbons (Fsp3) is 0.278. The van der Waals surface area contributed by atoms with Crippen molar-refractivity contribution in [1.82, 2.24) is 20.2 Å². The van der Waals surface area contributed by atoms with Gasteiger partial charge in [-0.3, -0.25) is 23.8 Å². The molecule has 15 nitrogen and oxygen atoms in total. The average molecular weight is 1010 g/mol. The first-order valence-corrected chi connectivity index (χ1v) is 22.0. The van der Waals surface area contributed by atoms with Crippen molar-refractivity contribution in [1.29, 1.82) is 0 Å².